The van der Waals surface area contributed by atoms with Crippen LogP contribution in [0.1, 0.15) is 16.8 Å². The fraction of sp³-hybridized carbons (Fsp3) is 0.214. The number of nitrogens with one attached hydrogen (secondary N) is 2. The number of nitrogens with zero attached hydrogens (tertiary/aromatic N) is 3. The Labute approximate surface area is 112 Å². The van der Waals surface area contributed by atoms with Gasteiger partial charge in [0, 0.05) is 25.4 Å². The number of aryl methyl sites for hydroxylation is 1. The van der Waals surface area contributed by atoms with Crippen LogP contribution in [0.25, 0.3) is 0 Å². The molecule has 0 saturated heterocycles. The van der Waals surface area contributed by atoms with Crippen LogP contribution in [0.4, 0.5) is 11.8 Å². The fourth-order valence-corrected chi connectivity index (χ4v) is 1.71. The summed E-state index contributed by atoms with van der Waals surface area (Å²) >= 11 is 0. The van der Waals surface area contributed by atoms with E-state index in [1.54, 1.807) is 13.1 Å². The largest absolute Gasteiger partial charge is 0.366 e. The Hall–Kier alpha value is -2.61. The SMILES string of the molecule is CNc1nc(C)cc(NCc2cccc(C#N)c2)n1. The highest BCUT2D eigenvalue weighted by Gasteiger charge is 2.01. The highest BCUT2D eigenvalue weighted by atomic mass is 15.1. The maximum Gasteiger partial charge on any atom is 0.224 e. The van der Waals surface area contributed by atoms with Gasteiger partial charge in [-0.15, -0.1) is 0 Å². The minimum Gasteiger partial charge on any atom is -0.366 e. The van der Waals surface area contributed by atoms with Gasteiger partial charge in [-0.3, -0.25) is 0 Å². The van der Waals surface area contributed by atoms with Crippen molar-refractivity contribution in [1.82, 2.24) is 9.97 Å². The quantitative estimate of drug-likeness (QED) is 0.874. The number of anilines is 2. The Morgan fingerprint density at radius 2 is 2.11 bits per heavy atom. The molecule has 0 unspecified atom stereocenters. The molecular weight excluding hydrogens is 238 g/mol. The summed E-state index contributed by atoms with van der Waals surface area (Å²) in [5.41, 5.74) is 2.60. The van der Waals surface area contributed by atoms with Crippen LogP contribution in [0.5, 0.6) is 0 Å². The standard InChI is InChI=1S/C14H15N5/c1-10-6-13(19-14(16-2)18-10)17-9-12-5-3-4-11(7-12)8-15/h3-7H,9H2,1-2H3,(H2,16,17,18,19). The molecule has 19 heavy (non-hydrogen) atoms. The third kappa shape index (κ3) is 3.42. The summed E-state index contributed by atoms with van der Waals surface area (Å²) in [7, 11) is 1.79. The summed E-state index contributed by atoms with van der Waals surface area (Å²) in [4.78, 5) is 8.54. The van der Waals surface area contributed by atoms with Crippen molar-refractivity contribution in [1.29, 1.82) is 5.26 Å². The van der Waals surface area contributed by atoms with Crippen LogP contribution in [0.2, 0.25) is 0 Å². The summed E-state index contributed by atoms with van der Waals surface area (Å²) in [5.74, 6) is 1.35. The Morgan fingerprint density at radius 1 is 1.26 bits per heavy atom. The van der Waals surface area contributed by atoms with Gasteiger partial charge in [-0.05, 0) is 24.6 Å². The molecule has 0 amide bonds. The van der Waals surface area contributed by atoms with Gasteiger partial charge in [0.1, 0.15) is 5.82 Å². The van der Waals surface area contributed by atoms with E-state index < -0.39 is 0 Å². The van der Waals surface area contributed by atoms with E-state index in [9.17, 15) is 0 Å². The second kappa shape index (κ2) is 5.83. The lowest BCUT2D eigenvalue weighted by molar-refractivity contribution is 1.05. The summed E-state index contributed by atoms with van der Waals surface area (Å²) in [5, 5.41) is 15.0. The first-order valence-electron chi connectivity index (χ1n) is 5.97. The molecule has 96 valence electrons. The first-order chi connectivity index (χ1) is 9.21. The first-order valence-corrected chi connectivity index (χ1v) is 5.97. The molecule has 0 spiro atoms. The highest BCUT2D eigenvalue weighted by Crippen LogP contribution is 2.11. The maximum absolute atomic E-state index is 8.85. The molecule has 0 saturated carbocycles. The third-order valence-electron chi connectivity index (χ3n) is 2.61. The van der Waals surface area contributed by atoms with Crippen molar-refractivity contribution in [3.05, 3.63) is 47.2 Å². The van der Waals surface area contributed by atoms with Crippen molar-refractivity contribution in [2.45, 2.75) is 13.5 Å². The van der Waals surface area contributed by atoms with Crippen LogP contribution >= 0.6 is 0 Å². The predicted octanol–water partition coefficient (Wildman–Crippen LogP) is 2.31. The van der Waals surface area contributed by atoms with Gasteiger partial charge in [0.25, 0.3) is 0 Å². The van der Waals surface area contributed by atoms with Gasteiger partial charge in [0.05, 0.1) is 11.6 Å². The summed E-state index contributed by atoms with van der Waals surface area (Å²) in [6.45, 7) is 2.54. The summed E-state index contributed by atoms with van der Waals surface area (Å²) < 4.78 is 0. The number of benzene rings is 1. The molecule has 1 heterocycles. The van der Waals surface area contributed by atoms with Crippen LogP contribution in [0, 0.1) is 18.3 Å². The van der Waals surface area contributed by atoms with Crippen molar-refractivity contribution in [2.24, 2.45) is 0 Å². The molecule has 0 radical (unpaired) electrons. The van der Waals surface area contributed by atoms with E-state index in [2.05, 4.69) is 26.7 Å². The molecule has 2 aromatic rings. The smallest absolute Gasteiger partial charge is 0.224 e. The lowest BCUT2D eigenvalue weighted by atomic mass is 10.1. The molecule has 1 aromatic heterocycles. The number of hydrogen-bond donors (Lipinski definition) is 2. The Bertz CT molecular complexity index is 615. The second-order valence-corrected chi connectivity index (χ2v) is 4.13. The average molecular weight is 253 g/mol. The van der Waals surface area contributed by atoms with Gasteiger partial charge in [0.15, 0.2) is 0 Å². The van der Waals surface area contributed by atoms with E-state index in [1.165, 1.54) is 0 Å². The van der Waals surface area contributed by atoms with Crippen molar-refractivity contribution in [3.63, 3.8) is 0 Å². The molecule has 0 fully saturated rings. The minimum absolute atomic E-state index is 0.591. The molecular formula is C14H15N5. The monoisotopic (exact) mass is 253 g/mol. The van der Waals surface area contributed by atoms with E-state index in [0.29, 0.717) is 18.1 Å². The van der Waals surface area contributed by atoms with Gasteiger partial charge < -0.3 is 10.6 Å². The van der Waals surface area contributed by atoms with Gasteiger partial charge in [-0.25, -0.2) is 4.98 Å². The normalized spacial score (nSPS) is 9.74. The predicted molar refractivity (Wildman–Crippen MR) is 74.8 cm³/mol. The average Bonchev–Trinajstić information content (AvgIpc) is 2.44. The zero-order valence-corrected chi connectivity index (χ0v) is 10.9. The third-order valence-corrected chi connectivity index (χ3v) is 2.61. The number of aromatic nitrogens is 2. The molecule has 0 bridgehead atoms. The lowest BCUT2D eigenvalue weighted by Gasteiger charge is -2.08. The van der Waals surface area contributed by atoms with E-state index in [0.717, 1.165) is 17.1 Å². The molecule has 2 rings (SSSR count). The second-order valence-electron chi connectivity index (χ2n) is 4.13. The maximum atomic E-state index is 8.85. The van der Waals surface area contributed by atoms with E-state index in [1.807, 2.05) is 31.2 Å². The van der Waals surface area contributed by atoms with Gasteiger partial charge in [0.2, 0.25) is 5.95 Å². The zero-order chi connectivity index (χ0) is 13.7. The molecule has 0 aliphatic rings. The van der Waals surface area contributed by atoms with E-state index in [4.69, 9.17) is 5.26 Å². The molecule has 5 nitrogen and oxygen atoms in total. The van der Waals surface area contributed by atoms with Crippen LogP contribution < -0.4 is 10.6 Å². The van der Waals surface area contributed by atoms with Crippen LogP contribution in [0.3, 0.4) is 0 Å². The van der Waals surface area contributed by atoms with Crippen molar-refractivity contribution in [2.75, 3.05) is 17.7 Å². The molecule has 1 aromatic carbocycles. The Balaban J connectivity index is 2.10. The number of nitriles is 1. The van der Waals surface area contributed by atoms with Crippen LogP contribution in [0.15, 0.2) is 30.3 Å². The molecule has 0 atom stereocenters. The zero-order valence-electron chi connectivity index (χ0n) is 10.9. The molecule has 5 heteroatoms. The molecule has 0 aliphatic heterocycles. The van der Waals surface area contributed by atoms with Crippen molar-refractivity contribution >= 4 is 11.8 Å². The number of rotatable bonds is 4. The van der Waals surface area contributed by atoms with E-state index >= 15 is 0 Å². The molecule has 0 aliphatic carbocycles. The van der Waals surface area contributed by atoms with Crippen molar-refractivity contribution in [3.8, 4) is 6.07 Å². The summed E-state index contributed by atoms with van der Waals surface area (Å²) in [6, 6.07) is 11.5. The first kappa shape index (κ1) is 12.8. The van der Waals surface area contributed by atoms with Crippen molar-refractivity contribution < 1.29 is 0 Å². The Kier molecular flexibility index (Phi) is 3.94. The topological polar surface area (TPSA) is 73.6 Å². The fourth-order valence-electron chi connectivity index (χ4n) is 1.71. The Morgan fingerprint density at radius 3 is 2.84 bits per heavy atom. The highest BCUT2D eigenvalue weighted by molar-refractivity contribution is 5.43. The van der Waals surface area contributed by atoms with Crippen LogP contribution in [-0.4, -0.2) is 17.0 Å². The number of hydrogen-bond acceptors (Lipinski definition) is 5. The lowest BCUT2D eigenvalue weighted by Crippen LogP contribution is -2.05. The van der Waals surface area contributed by atoms with Gasteiger partial charge in [-0.1, -0.05) is 12.1 Å². The van der Waals surface area contributed by atoms with Crippen LogP contribution in [-0.2, 0) is 6.54 Å². The van der Waals surface area contributed by atoms with Gasteiger partial charge >= 0.3 is 0 Å². The summed E-state index contributed by atoms with van der Waals surface area (Å²) in [6.07, 6.45) is 0. The van der Waals surface area contributed by atoms with Gasteiger partial charge in [-0.2, -0.15) is 10.2 Å². The minimum atomic E-state index is 0.591. The molecule has 2 N–H and O–H groups in total. The van der Waals surface area contributed by atoms with E-state index in [-0.39, 0.29) is 0 Å².